The van der Waals surface area contributed by atoms with E-state index in [4.69, 9.17) is 27.9 Å². The first kappa shape index (κ1) is 20.0. The molecule has 0 spiro atoms. The Kier molecular flexibility index (Phi) is 6.37. The fourth-order valence-corrected chi connectivity index (χ4v) is 3.95. The quantitative estimate of drug-likeness (QED) is 0.753. The SMILES string of the molecule is CCn1c(C(C)NS(=O)(=O)c2ccc(Cl)c(Cl)c2)cnc1OC(C)C. The summed E-state index contributed by atoms with van der Waals surface area (Å²) < 4.78 is 35.3. The minimum absolute atomic E-state index is 0.0243. The van der Waals surface area contributed by atoms with Crippen LogP contribution in [-0.4, -0.2) is 24.1 Å². The van der Waals surface area contributed by atoms with E-state index in [1.807, 2.05) is 25.3 Å². The topological polar surface area (TPSA) is 73.2 Å². The lowest BCUT2D eigenvalue weighted by Crippen LogP contribution is -2.28. The number of benzene rings is 1. The molecule has 1 aromatic heterocycles. The number of halogens is 2. The largest absolute Gasteiger partial charge is 0.462 e. The number of nitrogens with one attached hydrogen (secondary N) is 1. The van der Waals surface area contributed by atoms with E-state index >= 15 is 0 Å². The van der Waals surface area contributed by atoms with Gasteiger partial charge in [0.1, 0.15) is 0 Å². The first-order valence-corrected chi connectivity index (χ1v) is 10.1. The second-order valence-corrected chi connectivity index (χ2v) is 8.32. The van der Waals surface area contributed by atoms with Gasteiger partial charge in [-0.05, 0) is 45.9 Å². The average Bonchev–Trinajstić information content (AvgIpc) is 2.91. The molecule has 138 valence electrons. The molecule has 0 aliphatic rings. The average molecular weight is 406 g/mol. The zero-order chi connectivity index (χ0) is 18.8. The van der Waals surface area contributed by atoms with E-state index in [1.54, 1.807) is 13.1 Å². The predicted octanol–water partition coefficient (Wildman–Crippen LogP) is 4.04. The first-order chi connectivity index (χ1) is 11.7. The summed E-state index contributed by atoms with van der Waals surface area (Å²) in [5, 5.41) is 0.483. The molecule has 1 unspecified atom stereocenters. The van der Waals surface area contributed by atoms with Crippen molar-refractivity contribution in [1.82, 2.24) is 14.3 Å². The molecule has 0 amide bonds. The van der Waals surface area contributed by atoms with Crippen LogP contribution in [-0.2, 0) is 16.6 Å². The highest BCUT2D eigenvalue weighted by atomic mass is 35.5. The van der Waals surface area contributed by atoms with Gasteiger partial charge in [0.05, 0.1) is 39.0 Å². The lowest BCUT2D eigenvalue weighted by Gasteiger charge is -2.18. The third-order valence-electron chi connectivity index (χ3n) is 3.48. The van der Waals surface area contributed by atoms with Gasteiger partial charge < -0.3 is 4.74 Å². The number of hydrogen-bond donors (Lipinski definition) is 1. The Morgan fingerprint density at radius 3 is 2.48 bits per heavy atom. The first-order valence-electron chi connectivity index (χ1n) is 7.85. The summed E-state index contributed by atoms with van der Waals surface area (Å²) in [5.41, 5.74) is 0.710. The van der Waals surface area contributed by atoms with Crippen molar-refractivity contribution in [2.75, 3.05) is 0 Å². The molecule has 1 heterocycles. The van der Waals surface area contributed by atoms with E-state index in [-0.39, 0.29) is 16.0 Å². The number of ether oxygens (including phenoxy) is 1. The molecule has 0 aliphatic carbocycles. The summed E-state index contributed by atoms with van der Waals surface area (Å²) in [6.45, 7) is 8.11. The molecule has 0 fully saturated rings. The van der Waals surface area contributed by atoms with Gasteiger partial charge in [-0.15, -0.1) is 0 Å². The molecule has 2 rings (SSSR count). The van der Waals surface area contributed by atoms with Gasteiger partial charge in [0.25, 0.3) is 6.01 Å². The Morgan fingerprint density at radius 2 is 1.92 bits per heavy atom. The maximum Gasteiger partial charge on any atom is 0.296 e. The van der Waals surface area contributed by atoms with E-state index in [0.717, 1.165) is 0 Å². The molecule has 1 N–H and O–H groups in total. The van der Waals surface area contributed by atoms with E-state index < -0.39 is 16.1 Å². The molecule has 0 aliphatic heterocycles. The van der Waals surface area contributed by atoms with Crippen molar-refractivity contribution in [3.63, 3.8) is 0 Å². The highest BCUT2D eigenvalue weighted by Crippen LogP contribution is 2.26. The Bertz CT molecular complexity index is 850. The maximum atomic E-state index is 12.6. The second-order valence-electron chi connectivity index (χ2n) is 5.80. The zero-order valence-electron chi connectivity index (χ0n) is 14.5. The fraction of sp³-hybridized carbons (Fsp3) is 0.438. The number of nitrogens with zero attached hydrogens (tertiary/aromatic N) is 2. The van der Waals surface area contributed by atoms with Gasteiger partial charge in [0.2, 0.25) is 10.0 Å². The molecule has 6 nitrogen and oxygen atoms in total. The van der Waals surface area contributed by atoms with Crippen molar-refractivity contribution in [3.05, 3.63) is 40.1 Å². The summed E-state index contributed by atoms with van der Waals surface area (Å²) >= 11 is 11.8. The van der Waals surface area contributed by atoms with Crippen molar-refractivity contribution in [3.8, 4) is 6.01 Å². The Balaban J connectivity index is 2.27. The molecule has 1 atom stereocenters. The van der Waals surface area contributed by atoms with Crippen LogP contribution in [0.3, 0.4) is 0 Å². The van der Waals surface area contributed by atoms with Gasteiger partial charge in [-0.3, -0.25) is 4.57 Å². The number of sulfonamides is 1. The van der Waals surface area contributed by atoms with Crippen LogP contribution >= 0.6 is 23.2 Å². The molecule has 25 heavy (non-hydrogen) atoms. The number of rotatable bonds is 7. The van der Waals surface area contributed by atoms with Crippen LogP contribution in [0.2, 0.25) is 10.0 Å². The highest BCUT2D eigenvalue weighted by molar-refractivity contribution is 7.89. The molecule has 0 saturated heterocycles. The summed E-state index contributed by atoms with van der Waals surface area (Å²) in [4.78, 5) is 4.29. The van der Waals surface area contributed by atoms with E-state index in [2.05, 4.69) is 9.71 Å². The molecule has 1 aromatic carbocycles. The number of imidazole rings is 1. The monoisotopic (exact) mass is 405 g/mol. The van der Waals surface area contributed by atoms with Crippen LogP contribution in [0, 0.1) is 0 Å². The van der Waals surface area contributed by atoms with Gasteiger partial charge >= 0.3 is 0 Å². The van der Waals surface area contributed by atoms with Crippen LogP contribution in [0.25, 0.3) is 0 Å². The molecule has 0 saturated carbocycles. The molecule has 2 aromatic rings. The van der Waals surface area contributed by atoms with Crippen molar-refractivity contribution < 1.29 is 13.2 Å². The predicted molar refractivity (Wildman–Crippen MR) is 98.9 cm³/mol. The van der Waals surface area contributed by atoms with E-state index in [9.17, 15) is 8.42 Å². The summed E-state index contributed by atoms with van der Waals surface area (Å²) in [6, 6.07) is 4.15. The number of hydrogen-bond acceptors (Lipinski definition) is 4. The van der Waals surface area contributed by atoms with E-state index in [0.29, 0.717) is 23.3 Å². The summed E-state index contributed by atoms with van der Waals surface area (Å²) in [6.07, 6.45) is 1.59. The maximum absolute atomic E-state index is 12.6. The number of aromatic nitrogens is 2. The minimum Gasteiger partial charge on any atom is -0.462 e. The van der Waals surface area contributed by atoms with Crippen LogP contribution in [0.15, 0.2) is 29.3 Å². The Labute approximate surface area is 158 Å². The Hall–Kier alpha value is -1.28. The zero-order valence-corrected chi connectivity index (χ0v) is 16.8. The van der Waals surface area contributed by atoms with Crippen molar-refractivity contribution >= 4 is 33.2 Å². The molecule has 0 bridgehead atoms. The fourth-order valence-electron chi connectivity index (χ4n) is 2.34. The molecule has 9 heteroatoms. The van der Waals surface area contributed by atoms with Gasteiger partial charge in [-0.1, -0.05) is 23.2 Å². The smallest absolute Gasteiger partial charge is 0.296 e. The Morgan fingerprint density at radius 1 is 1.24 bits per heavy atom. The standard InChI is InChI=1S/C16H21Cl2N3O3S/c1-5-21-15(9-19-16(21)24-10(2)3)11(4)20-25(22,23)12-6-7-13(17)14(18)8-12/h6-11,20H,5H2,1-4H3. The normalized spacial score (nSPS) is 13.2. The molecular formula is C16H21Cl2N3O3S. The van der Waals surface area contributed by atoms with E-state index in [1.165, 1.54) is 18.2 Å². The third kappa shape index (κ3) is 4.67. The van der Waals surface area contributed by atoms with Crippen LogP contribution < -0.4 is 9.46 Å². The lowest BCUT2D eigenvalue weighted by molar-refractivity contribution is 0.211. The van der Waals surface area contributed by atoms with Crippen LogP contribution in [0.1, 0.15) is 39.4 Å². The van der Waals surface area contributed by atoms with Crippen molar-refractivity contribution in [2.45, 2.75) is 51.3 Å². The lowest BCUT2D eigenvalue weighted by atomic mass is 10.3. The van der Waals surface area contributed by atoms with Crippen LogP contribution in [0.4, 0.5) is 0 Å². The minimum atomic E-state index is -3.76. The second kappa shape index (κ2) is 7.95. The molecular weight excluding hydrogens is 385 g/mol. The van der Waals surface area contributed by atoms with Crippen molar-refractivity contribution in [2.24, 2.45) is 0 Å². The summed E-state index contributed by atoms with van der Waals surface area (Å²) in [5.74, 6) is 0. The molecule has 0 radical (unpaired) electrons. The van der Waals surface area contributed by atoms with Crippen molar-refractivity contribution in [1.29, 1.82) is 0 Å². The summed E-state index contributed by atoms with van der Waals surface area (Å²) in [7, 11) is -3.76. The van der Waals surface area contributed by atoms with Crippen LogP contribution in [0.5, 0.6) is 6.01 Å². The van der Waals surface area contributed by atoms with Gasteiger partial charge in [0, 0.05) is 6.54 Å². The highest BCUT2D eigenvalue weighted by Gasteiger charge is 2.23. The van der Waals surface area contributed by atoms with Gasteiger partial charge in [-0.25, -0.2) is 18.1 Å². The van der Waals surface area contributed by atoms with Gasteiger partial charge in [-0.2, -0.15) is 0 Å². The van der Waals surface area contributed by atoms with Gasteiger partial charge in [0.15, 0.2) is 0 Å². The third-order valence-corrected chi connectivity index (χ3v) is 5.76.